The molecule has 0 unspecified atom stereocenters. The van der Waals surface area contributed by atoms with Crippen molar-refractivity contribution in [1.82, 2.24) is 14.3 Å². The van der Waals surface area contributed by atoms with Gasteiger partial charge in [0.25, 0.3) is 5.91 Å². The number of aromatic nitrogens is 2. The Hall–Kier alpha value is -1.44. The summed E-state index contributed by atoms with van der Waals surface area (Å²) in [5, 5.41) is 12.2. The Bertz CT molecular complexity index is 826. The fourth-order valence-corrected chi connectivity index (χ4v) is 4.71. The Balaban J connectivity index is 1.59. The summed E-state index contributed by atoms with van der Waals surface area (Å²) >= 11 is 3.02. The minimum atomic E-state index is -0.677. The molecule has 1 saturated heterocycles. The number of amides is 1. The summed E-state index contributed by atoms with van der Waals surface area (Å²) in [5.41, 5.74) is 0.313. The van der Waals surface area contributed by atoms with Gasteiger partial charge in [0.15, 0.2) is 4.96 Å². The van der Waals surface area contributed by atoms with Crippen LogP contribution in [0, 0.1) is 0 Å². The van der Waals surface area contributed by atoms with Gasteiger partial charge in [-0.1, -0.05) is 13.3 Å². The lowest BCUT2D eigenvalue weighted by Crippen LogP contribution is -2.63. The van der Waals surface area contributed by atoms with Crippen LogP contribution in [0.15, 0.2) is 17.6 Å². The van der Waals surface area contributed by atoms with Crippen LogP contribution < -0.4 is 0 Å². The Morgan fingerprint density at radius 1 is 1.52 bits per heavy atom. The summed E-state index contributed by atoms with van der Waals surface area (Å²) in [6, 6.07) is 1.91. The number of rotatable bonds is 3. The third kappa shape index (κ3) is 1.99. The molecular weight excluding hydrogens is 306 g/mol. The highest BCUT2D eigenvalue weighted by Gasteiger charge is 2.43. The van der Waals surface area contributed by atoms with E-state index in [1.807, 2.05) is 29.0 Å². The van der Waals surface area contributed by atoms with E-state index < -0.39 is 5.60 Å². The predicted octanol–water partition coefficient (Wildman–Crippen LogP) is 2.60. The zero-order chi connectivity index (χ0) is 14.6. The van der Waals surface area contributed by atoms with Crippen molar-refractivity contribution in [3.05, 3.63) is 22.5 Å². The molecule has 1 N–H and O–H groups in total. The number of nitrogens with zero attached hydrogens (tertiary/aromatic N) is 3. The number of β-amino-alcohol motifs (C(OH)–C–C–N with tert-alkyl or cyclic N) is 1. The van der Waals surface area contributed by atoms with Crippen molar-refractivity contribution in [2.45, 2.75) is 25.4 Å². The number of carbonyl (C=O) groups is 1. The quantitative estimate of drug-likeness (QED) is 0.807. The van der Waals surface area contributed by atoms with Crippen LogP contribution in [0.5, 0.6) is 0 Å². The molecule has 110 valence electrons. The van der Waals surface area contributed by atoms with Gasteiger partial charge < -0.3 is 10.0 Å². The van der Waals surface area contributed by atoms with E-state index >= 15 is 0 Å². The van der Waals surface area contributed by atoms with Gasteiger partial charge in [-0.25, -0.2) is 4.98 Å². The van der Waals surface area contributed by atoms with Crippen molar-refractivity contribution >= 4 is 43.9 Å². The molecule has 21 heavy (non-hydrogen) atoms. The summed E-state index contributed by atoms with van der Waals surface area (Å²) in [5.74, 6) is 0.00255. The molecule has 7 heteroatoms. The van der Waals surface area contributed by atoms with E-state index in [9.17, 15) is 9.90 Å². The maximum Gasteiger partial charge on any atom is 0.264 e. The maximum absolute atomic E-state index is 12.5. The molecule has 0 saturated carbocycles. The lowest BCUT2D eigenvalue weighted by molar-refractivity contribution is -0.0858. The number of fused-ring (bicyclic) bond motifs is 3. The van der Waals surface area contributed by atoms with Gasteiger partial charge in [0.05, 0.1) is 29.1 Å². The van der Waals surface area contributed by atoms with E-state index in [0.29, 0.717) is 18.0 Å². The minimum Gasteiger partial charge on any atom is -0.386 e. The van der Waals surface area contributed by atoms with E-state index in [2.05, 4.69) is 4.98 Å². The van der Waals surface area contributed by atoms with Gasteiger partial charge >= 0.3 is 0 Å². The number of likely N-dealkylation sites (tertiary alicyclic amines) is 1. The van der Waals surface area contributed by atoms with Crippen LogP contribution in [0.2, 0.25) is 0 Å². The van der Waals surface area contributed by atoms with Crippen LogP contribution in [0.4, 0.5) is 0 Å². The Labute approximate surface area is 129 Å². The normalized spacial score (nSPS) is 17.5. The first kappa shape index (κ1) is 13.2. The molecule has 3 aromatic rings. The number of imidazole rings is 1. The number of thiophene rings is 1. The van der Waals surface area contributed by atoms with Gasteiger partial charge in [0.2, 0.25) is 0 Å². The van der Waals surface area contributed by atoms with Crippen molar-refractivity contribution in [2.24, 2.45) is 0 Å². The number of aliphatic hydroxyl groups is 1. The first-order chi connectivity index (χ1) is 10.1. The fraction of sp³-hybridized carbons (Fsp3) is 0.429. The summed E-state index contributed by atoms with van der Waals surface area (Å²) in [6.45, 7) is 2.93. The molecule has 1 amide bonds. The molecule has 0 atom stereocenters. The van der Waals surface area contributed by atoms with Crippen molar-refractivity contribution in [1.29, 1.82) is 0 Å². The monoisotopic (exact) mass is 321 g/mol. The van der Waals surface area contributed by atoms with Crippen LogP contribution in [0.3, 0.4) is 0 Å². The van der Waals surface area contributed by atoms with Gasteiger partial charge in [0.1, 0.15) is 4.83 Å². The van der Waals surface area contributed by atoms with Gasteiger partial charge in [-0.05, 0) is 12.5 Å². The third-order valence-electron chi connectivity index (χ3n) is 3.92. The lowest BCUT2D eigenvalue weighted by Gasteiger charge is -2.46. The Morgan fingerprint density at radius 3 is 3.10 bits per heavy atom. The van der Waals surface area contributed by atoms with E-state index in [1.165, 1.54) is 11.3 Å². The molecule has 0 radical (unpaired) electrons. The van der Waals surface area contributed by atoms with Gasteiger partial charge in [0, 0.05) is 11.6 Å². The Kier molecular flexibility index (Phi) is 2.85. The van der Waals surface area contributed by atoms with Crippen LogP contribution in [-0.4, -0.2) is 44.0 Å². The molecule has 1 fully saturated rings. The summed E-state index contributed by atoms with van der Waals surface area (Å²) < 4.78 is 2.01. The standard InChI is InChI=1S/C14H15N3O2S2/c1-2-3-14(19)7-16(8-14)12(18)10-6-9-11(21-10)15-13-17(9)4-5-20-13/h4-6,19H,2-3,7-8H2,1H3. The first-order valence-corrected chi connectivity index (χ1v) is 8.66. The molecule has 4 rings (SSSR count). The zero-order valence-corrected chi connectivity index (χ0v) is 13.2. The van der Waals surface area contributed by atoms with Gasteiger partial charge in [-0.15, -0.1) is 22.7 Å². The fourth-order valence-electron chi connectivity index (χ4n) is 2.94. The molecular formula is C14H15N3O2S2. The van der Waals surface area contributed by atoms with Crippen LogP contribution >= 0.6 is 22.7 Å². The molecule has 0 spiro atoms. The van der Waals surface area contributed by atoms with Crippen LogP contribution in [0.1, 0.15) is 29.4 Å². The highest BCUT2D eigenvalue weighted by Crippen LogP contribution is 2.32. The predicted molar refractivity (Wildman–Crippen MR) is 84.2 cm³/mol. The van der Waals surface area contributed by atoms with E-state index in [1.54, 1.807) is 16.2 Å². The van der Waals surface area contributed by atoms with E-state index in [-0.39, 0.29) is 5.91 Å². The second kappa shape index (κ2) is 4.53. The third-order valence-corrected chi connectivity index (χ3v) is 5.69. The highest BCUT2D eigenvalue weighted by molar-refractivity contribution is 7.21. The first-order valence-electron chi connectivity index (χ1n) is 6.96. The number of carbonyl (C=O) groups excluding carboxylic acids is 1. The molecule has 3 aromatic heterocycles. The van der Waals surface area contributed by atoms with Crippen molar-refractivity contribution < 1.29 is 9.90 Å². The average Bonchev–Trinajstić information content (AvgIpc) is 3.06. The summed E-state index contributed by atoms with van der Waals surface area (Å²) in [6.07, 6.45) is 3.66. The van der Waals surface area contributed by atoms with Crippen molar-refractivity contribution in [3.8, 4) is 0 Å². The molecule has 0 aromatic carbocycles. The largest absolute Gasteiger partial charge is 0.386 e. The molecule has 1 aliphatic heterocycles. The SMILES string of the molecule is CCCC1(O)CN(C(=O)c2cc3c(nc4sccn43)s2)C1. The average molecular weight is 321 g/mol. The second-order valence-electron chi connectivity index (χ2n) is 5.60. The van der Waals surface area contributed by atoms with Gasteiger partial charge in [-0.2, -0.15) is 0 Å². The van der Waals surface area contributed by atoms with E-state index in [4.69, 9.17) is 0 Å². The zero-order valence-electron chi connectivity index (χ0n) is 11.6. The van der Waals surface area contributed by atoms with Crippen molar-refractivity contribution in [2.75, 3.05) is 13.1 Å². The molecule has 1 aliphatic rings. The smallest absolute Gasteiger partial charge is 0.264 e. The summed E-state index contributed by atoms with van der Waals surface area (Å²) in [4.78, 5) is 21.2. The van der Waals surface area contributed by atoms with Crippen molar-refractivity contribution in [3.63, 3.8) is 0 Å². The topological polar surface area (TPSA) is 57.8 Å². The molecule has 0 aliphatic carbocycles. The maximum atomic E-state index is 12.5. The molecule has 0 bridgehead atoms. The highest BCUT2D eigenvalue weighted by atomic mass is 32.1. The minimum absolute atomic E-state index is 0.00255. The van der Waals surface area contributed by atoms with E-state index in [0.717, 1.165) is 28.1 Å². The van der Waals surface area contributed by atoms with Crippen LogP contribution in [0.25, 0.3) is 15.3 Å². The number of hydrogen-bond donors (Lipinski definition) is 1. The number of hydrogen-bond acceptors (Lipinski definition) is 5. The number of thiazole rings is 1. The van der Waals surface area contributed by atoms with Crippen LogP contribution in [-0.2, 0) is 0 Å². The second-order valence-corrected chi connectivity index (χ2v) is 7.51. The lowest BCUT2D eigenvalue weighted by atomic mass is 9.89. The van der Waals surface area contributed by atoms with Gasteiger partial charge in [-0.3, -0.25) is 9.20 Å². The molecule has 5 nitrogen and oxygen atoms in total. The summed E-state index contributed by atoms with van der Waals surface area (Å²) in [7, 11) is 0. The molecule has 4 heterocycles. The Morgan fingerprint density at radius 2 is 2.33 bits per heavy atom.